The van der Waals surface area contributed by atoms with Crippen LogP contribution in [0, 0.1) is 5.41 Å². The van der Waals surface area contributed by atoms with Crippen molar-refractivity contribution < 1.29 is 19.4 Å². The number of ether oxygens (including phenoxy) is 1. The topological polar surface area (TPSA) is 75.6 Å². The number of carbonyl (C=O) groups is 2. The van der Waals surface area contributed by atoms with Gasteiger partial charge >= 0.3 is 12.1 Å². The summed E-state index contributed by atoms with van der Waals surface area (Å²) in [6.07, 6.45) is 0.829. The Morgan fingerprint density at radius 2 is 1.61 bits per heavy atom. The molecule has 0 saturated heterocycles. The number of amides is 1. The normalized spacial score (nSPS) is 14.1. The second-order valence-corrected chi connectivity index (χ2v) is 7.98. The molecule has 1 aliphatic rings. The van der Waals surface area contributed by atoms with Crippen molar-refractivity contribution in [3.63, 3.8) is 0 Å². The number of alkyl carbamates (subject to hydrolysis) is 1. The van der Waals surface area contributed by atoms with E-state index >= 15 is 0 Å². The molecule has 0 aromatic heterocycles. The van der Waals surface area contributed by atoms with E-state index in [1.807, 2.05) is 57.2 Å². The van der Waals surface area contributed by atoms with Gasteiger partial charge in [0.05, 0.1) is 0 Å². The summed E-state index contributed by atoms with van der Waals surface area (Å²) in [5.74, 6) is -1.10. The van der Waals surface area contributed by atoms with Gasteiger partial charge in [-0.3, -0.25) is 0 Å². The molecule has 0 saturated carbocycles. The molecule has 0 bridgehead atoms. The van der Waals surface area contributed by atoms with Gasteiger partial charge in [0.2, 0.25) is 0 Å². The zero-order valence-electron chi connectivity index (χ0n) is 16.6. The molecule has 5 nitrogen and oxygen atoms in total. The van der Waals surface area contributed by atoms with Crippen LogP contribution in [-0.2, 0) is 9.53 Å². The van der Waals surface area contributed by atoms with Crippen molar-refractivity contribution in [1.82, 2.24) is 5.32 Å². The van der Waals surface area contributed by atoms with Crippen molar-refractivity contribution in [3.8, 4) is 11.1 Å². The second kappa shape index (κ2) is 8.05. The summed E-state index contributed by atoms with van der Waals surface area (Å²) >= 11 is 0. The molecular formula is C23H27NO4. The van der Waals surface area contributed by atoms with E-state index in [0.717, 1.165) is 28.7 Å². The maximum Gasteiger partial charge on any atom is 0.407 e. The molecule has 1 aliphatic carbocycles. The number of rotatable bonds is 7. The Kier molecular flexibility index (Phi) is 5.73. The summed E-state index contributed by atoms with van der Waals surface area (Å²) < 4.78 is 5.48. The fourth-order valence-electron chi connectivity index (χ4n) is 4.14. The first-order valence-electron chi connectivity index (χ1n) is 9.69. The Hall–Kier alpha value is -2.82. The van der Waals surface area contributed by atoms with Gasteiger partial charge in [-0.25, -0.2) is 9.59 Å². The molecule has 2 aromatic carbocycles. The van der Waals surface area contributed by atoms with Gasteiger partial charge in [-0.2, -0.15) is 0 Å². The van der Waals surface area contributed by atoms with Crippen LogP contribution in [0.3, 0.4) is 0 Å². The second-order valence-electron chi connectivity index (χ2n) is 7.98. The standard InChI is InChI=1S/C23H27NO4/c1-4-13-23(2,3)20(21(25)26)24-22(27)28-14-19-17-11-7-5-9-15(17)16-10-6-8-12-18(16)19/h5-12,19-20H,4,13-14H2,1-3H3,(H,24,27)(H,25,26)/t20-/m1/s1. The first-order chi connectivity index (χ1) is 13.3. The van der Waals surface area contributed by atoms with E-state index < -0.39 is 23.5 Å². The maximum atomic E-state index is 12.4. The minimum atomic E-state index is -1.05. The Balaban J connectivity index is 1.72. The largest absolute Gasteiger partial charge is 0.480 e. The third kappa shape index (κ3) is 3.88. The van der Waals surface area contributed by atoms with Gasteiger partial charge in [-0.1, -0.05) is 75.7 Å². The van der Waals surface area contributed by atoms with Gasteiger partial charge in [0.25, 0.3) is 0 Å². The summed E-state index contributed by atoms with van der Waals surface area (Å²) in [6.45, 7) is 5.85. The van der Waals surface area contributed by atoms with Crippen molar-refractivity contribution in [2.75, 3.05) is 6.61 Å². The highest BCUT2D eigenvalue weighted by molar-refractivity contribution is 5.81. The highest BCUT2D eigenvalue weighted by Gasteiger charge is 2.36. The lowest BCUT2D eigenvalue weighted by Gasteiger charge is -2.31. The summed E-state index contributed by atoms with van der Waals surface area (Å²) in [5.41, 5.74) is 3.99. The predicted molar refractivity (Wildman–Crippen MR) is 108 cm³/mol. The van der Waals surface area contributed by atoms with Crippen molar-refractivity contribution >= 4 is 12.1 Å². The van der Waals surface area contributed by atoms with Crippen LogP contribution in [0.1, 0.15) is 50.7 Å². The SMILES string of the molecule is CCCC(C)(C)[C@H](NC(=O)OCC1c2ccccc2-c2ccccc21)C(=O)O. The molecule has 2 N–H and O–H groups in total. The minimum absolute atomic E-state index is 0.0509. The van der Waals surface area contributed by atoms with Gasteiger partial charge < -0.3 is 15.2 Å². The van der Waals surface area contributed by atoms with Crippen LogP contribution in [0.25, 0.3) is 11.1 Å². The molecule has 0 radical (unpaired) electrons. The molecular weight excluding hydrogens is 354 g/mol. The molecule has 3 rings (SSSR count). The van der Waals surface area contributed by atoms with Crippen molar-refractivity contribution in [2.45, 2.75) is 45.6 Å². The van der Waals surface area contributed by atoms with E-state index in [4.69, 9.17) is 4.74 Å². The van der Waals surface area contributed by atoms with Crippen LogP contribution in [-0.4, -0.2) is 29.8 Å². The van der Waals surface area contributed by atoms with E-state index in [1.54, 1.807) is 0 Å². The molecule has 0 spiro atoms. The highest BCUT2D eigenvalue weighted by Crippen LogP contribution is 2.44. The van der Waals surface area contributed by atoms with Gasteiger partial charge in [0, 0.05) is 5.92 Å². The van der Waals surface area contributed by atoms with Gasteiger partial charge in [-0.05, 0) is 34.1 Å². The lowest BCUT2D eigenvalue weighted by atomic mass is 9.80. The third-order valence-electron chi connectivity index (χ3n) is 5.53. The number of hydrogen-bond donors (Lipinski definition) is 2. The first kappa shape index (κ1) is 19.9. The Labute approximate surface area is 165 Å². The first-order valence-corrected chi connectivity index (χ1v) is 9.69. The summed E-state index contributed by atoms with van der Waals surface area (Å²) in [4.78, 5) is 24.1. The number of fused-ring (bicyclic) bond motifs is 3. The number of nitrogens with one attached hydrogen (secondary N) is 1. The molecule has 0 unspecified atom stereocenters. The number of hydrogen-bond acceptors (Lipinski definition) is 3. The zero-order valence-corrected chi connectivity index (χ0v) is 16.6. The molecule has 1 amide bonds. The van der Waals surface area contributed by atoms with Crippen LogP contribution >= 0.6 is 0 Å². The van der Waals surface area contributed by atoms with Crippen molar-refractivity contribution in [2.24, 2.45) is 5.41 Å². The van der Waals surface area contributed by atoms with E-state index in [2.05, 4.69) is 17.4 Å². The van der Waals surface area contributed by atoms with Gasteiger partial charge in [0.1, 0.15) is 12.6 Å². The van der Waals surface area contributed by atoms with Crippen LogP contribution in [0.15, 0.2) is 48.5 Å². The zero-order chi connectivity index (χ0) is 20.3. The Morgan fingerprint density at radius 3 is 2.11 bits per heavy atom. The van der Waals surface area contributed by atoms with E-state index in [9.17, 15) is 14.7 Å². The summed E-state index contributed by atoms with van der Waals surface area (Å²) in [5, 5.41) is 12.1. The Bertz CT molecular complexity index is 829. The molecule has 148 valence electrons. The average molecular weight is 381 g/mol. The summed E-state index contributed by atoms with van der Waals surface area (Å²) in [7, 11) is 0. The van der Waals surface area contributed by atoms with Crippen molar-refractivity contribution in [3.05, 3.63) is 59.7 Å². The fraction of sp³-hybridized carbons (Fsp3) is 0.391. The Morgan fingerprint density at radius 1 is 1.07 bits per heavy atom. The minimum Gasteiger partial charge on any atom is -0.480 e. The smallest absolute Gasteiger partial charge is 0.407 e. The number of carbonyl (C=O) groups excluding carboxylic acids is 1. The van der Waals surface area contributed by atoms with Crippen molar-refractivity contribution in [1.29, 1.82) is 0 Å². The lowest BCUT2D eigenvalue weighted by molar-refractivity contribution is -0.142. The number of aliphatic carboxylic acids is 1. The van der Waals surface area contributed by atoms with Crippen LogP contribution < -0.4 is 5.32 Å². The highest BCUT2D eigenvalue weighted by atomic mass is 16.5. The van der Waals surface area contributed by atoms with Crippen LogP contribution in [0.4, 0.5) is 4.79 Å². The van der Waals surface area contributed by atoms with E-state index in [0.29, 0.717) is 6.42 Å². The number of carboxylic acids is 1. The molecule has 0 heterocycles. The maximum absolute atomic E-state index is 12.4. The monoisotopic (exact) mass is 381 g/mol. The fourth-order valence-corrected chi connectivity index (χ4v) is 4.14. The van der Waals surface area contributed by atoms with Gasteiger partial charge in [-0.15, -0.1) is 0 Å². The van der Waals surface area contributed by atoms with Gasteiger partial charge in [0.15, 0.2) is 0 Å². The molecule has 2 aromatic rings. The number of benzene rings is 2. The molecule has 5 heteroatoms. The third-order valence-corrected chi connectivity index (χ3v) is 5.53. The molecule has 28 heavy (non-hydrogen) atoms. The number of carboxylic acid groups (broad SMARTS) is 1. The molecule has 1 atom stereocenters. The lowest BCUT2D eigenvalue weighted by Crippen LogP contribution is -2.50. The van der Waals surface area contributed by atoms with E-state index in [-0.39, 0.29) is 12.5 Å². The summed E-state index contributed by atoms with van der Waals surface area (Å²) in [6, 6.07) is 15.2. The predicted octanol–water partition coefficient (Wildman–Crippen LogP) is 4.80. The van der Waals surface area contributed by atoms with Crippen LogP contribution in [0.5, 0.6) is 0 Å². The van der Waals surface area contributed by atoms with Crippen LogP contribution in [0.2, 0.25) is 0 Å². The average Bonchev–Trinajstić information content (AvgIpc) is 2.98. The van der Waals surface area contributed by atoms with E-state index in [1.165, 1.54) is 0 Å². The quantitative estimate of drug-likeness (QED) is 0.722. The molecule has 0 fully saturated rings. The molecule has 0 aliphatic heterocycles.